The molecule has 1 aromatic rings. The van der Waals surface area contributed by atoms with Crippen molar-refractivity contribution in [3.8, 4) is 0 Å². The summed E-state index contributed by atoms with van der Waals surface area (Å²) in [5, 5.41) is 3.29. The molecule has 1 fully saturated rings. The van der Waals surface area contributed by atoms with E-state index in [-0.39, 0.29) is 18.1 Å². The Labute approximate surface area is 103 Å². The van der Waals surface area contributed by atoms with Gasteiger partial charge in [-0.15, -0.1) is 0 Å². The molecular formula is C12H14BrNO2. The van der Waals surface area contributed by atoms with E-state index in [4.69, 9.17) is 4.74 Å². The van der Waals surface area contributed by atoms with Crippen LogP contribution in [0.3, 0.4) is 0 Å². The molecule has 1 heterocycles. The zero-order valence-corrected chi connectivity index (χ0v) is 10.7. The molecule has 0 aromatic heterocycles. The van der Waals surface area contributed by atoms with Gasteiger partial charge in [0, 0.05) is 10.5 Å². The van der Waals surface area contributed by atoms with Gasteiger partial charge in [-0.25, -0.2) is 0 Å². The first-order chi connectivity index (χ1) is 7.70. The fourth-order valence-corrected chi connectivity index (χ4v) is 2.29. The fourth-order valence-electron chi connectivity index (χ4n) is 2.03. The Kier molecular flexibility index (Phi) is 3.61. The van der Waals surface area contributed by atoms with Crippen LogP contribution < -0.4 is 5.32 Å². The van der Waals surface area contributed by atoms with Crippen molar-refractivity contribution in [2.45, 2.75) is 24.9 Å². The Morgan fingerprint density at radius 2 is 2.06 bits per heavy atom. The minimum atomic E-state index is -0.167. The Bertz CT molecular complexity index is 377. The molecule has 0 bridgehead atoms. The molecule has 86 valence electrons. The Balaban J connectivity index is 2.03. The second kappa shape index (κ2) is 4.97. The quantitative estimate of drug-likeness (QED) is 0.848. The third-order valence-electron chi connectivity index (χ3n) is 2.90. The van der Waals surface area contributed by atoms with Gasteiger partial charge in [0.15, 0.2) is 0 Å². The van der Waals surface area contributed by atoms with Crippen LogP contribution in [0, 0.1) is 0 Å². The molecule has 3 nitrogen and oxygen atoms in total. The molecule has 0 amide bonds. The van der Waals surface area contributed by atoms with E-state index in [1.165, 1.54) is 12.7 Å². The minimum absolute atomic E-state index is 0.154. The van der Waals surface area contributed by atoms with E-state index in [2.05, 4.69) is 33.4 Å². The number of carbonyl (C=O) groups excluding carboxylic acids is 1. The molecule has 1 aliphatic heterocycles. The predicted molar refractivity (Wildman–Crippen MR) is 65.1 cm³/mol. The van der Waals surface area contributed by atoms with Crippen LogP contribution in [0.4, 0.5) is 0 Å². The highest BCUT2D eigenvalue weighted by Gasteiger charge is 2.30. The second-order valence-electron chi connectivity index (χ2n) is 3.92. The second-order valence-corrected chi connectivity index (χ2v) is 4.84. The van der Waals surface area contributed by atoms with E-state index in [0.717, 1.165) is 17.3 Å². The third-order valence-corrected chi connectivity index (χ3v) is 3.43. The van der Waals surface area contributed by atoms with Crippen molar-refractivity contribution >= 4 is 21.9 Å². The zero-order valence-electron chi connectivity index (χ0n) is 9.07. The van der Waals surface area contributed by atoms with Gasteiger partial charge in [-0.05, 0) is 30.5 Å². The average Bonchev–Trinajstić information content (AvgIpc) is 2.78. The summed E-state index contributed by atoms with van der Waals surface area (Å²) >= 11 is 3.41. The summed E-state index contributed by atoms with van der Waals surface area (Å²) in [6, 6.07) is 8.28. The zero-order chi connectivity index (χ0) is 11.5. The van der Waals surface area contributed by atoms with Gasteiger partial charge in [0.25, 0.3) is 0 Å². The van der Waals surface area contributed by atoms with Crippen LogP contribution in [-0.2, 0) is 9.53 Å². The van der Waals surface area contributed by atoms with Gasteiger partial charge in [0.05, 0.1) is 7.11 Å². The van der Waals surface area contributed by atoms with Crippen LogP contribution in [-0.4, -0.2) is 19.1 Å². The third kappa shape index (κ3) is 2.44. The van der Waals surface area contributed by atoms with Crippen LogP contribution in [0.5, 0.6) is 0 Å². The van der Waals surface area contributed by atoms with Crippen molar-refractivity contribution in [2.24, 2.45) is 0 Å². The molecule has 4 heteroatoms. The smallest absolute Gasteiger partial charge is 0.322 e. The summed E-state index contributed by atoms with van der Waals surface area (Å²) in [5.74, 6) is -0.167. The van der Waals surface area contributed by atoms with E-state index in [1.54, 1.807) is 0 Å². The predicted octanol–water partition coefficient (Wildman–Crippen LogP) is 2.42. The van der Waals surface area contributed by atoms with Gasteiger partial charge >= 0.3 is 5.97 Å². The van der Waals surface area contributed by atoms with Crippen molar-refractivity contribution in [3.63, 3.8) is 0 Å². The maximum Gasteiger partial charge on any atom is 0.322 e. The lowest BCUT2D eigenvalue weighted by Gasteiger charge is -2.13. The molecule has 16 heavy (non-hydrogen) atoms. The molecule has 1 aliphatic rings. The van der Waals surface area contributed by atoms with E-state index >= 15 is 0 Å². The summed E-state index contributed by atoms with van der Waals surface area (Å²) in [6.45, 7) is 0. The van der Waals surface area contributed by atoms with Crippen molar-refractivity contribution < 1.29 is 9.53 Å². The number of hydrogen-bond donors (Lipinski definition) is 1. The molecule has 0 spiro atoms. The number of carbonyl (C=O) groups is 1. The first kappa shape index (κ1) is 11.6. The average molecular weight is 284 g/mol. The van der Waals surface area contributed by atoms with Crippen LogP contribution >= 0.6 is 15.9 Å². The van der Waals surface area contributed by atoms with Crippen molar-refractivity contribution in [1.29, 1.82) is 0 Å². The number of hydrogen-bond acceptors (Lipinski definition) is 3. The molecule has 1 saturated heterocycles. The normalized spacial score (nSPS) is 24.4. The molecule has 2 rings (SSSR count). The monoisotopic (exact) mass is 283 g/mol. The number of methoxy groups -OCH3 is 1. The highest BCUT2D eigenvalue weighted by molar-refractivity contribution is 9.10. The fraction of sp³-hybridized carbons (Fsp3) is 0.417. The van der Waals surface area contributed by atoms with Crippen LogP contribution in [0.15, 0.2) is 28.7 Å². The summed E-state index contributed by atoms with van der Waals surface area (Å²) in [7, 11) is 1.43. The van der Waals surface area contributed by atoms with Crippen molar-refractivity contribution in [3.05, 3.63) is 34.3 Å². The molecule has 0 radical (unpaired) electrons. The van der Waals surface area contributed by atoms with E-state index < -0.39 is 0 Å². The van der Waals surface area contributed by atoms with E-state index in [9.17, 15) is 4.79 Å². The first-order valence-electron chi connectivity index (χ1n) is 5.30. The molecule has 0 aliphatic carbocycles. The number of ether oxygens (including phenoxy) is 1. The van der Waals surface area contributed by atoms with Crippen molar-refractivity contribution in [2.75, 3.05) is 7.11 Å². The van der Waals surface area contributed by atoms with E-state index in [1.807, 2.05) is 12.1 Å². The Morgan fingerprint density at radius 1 is 1.38 bits per heavy atom. The number of rotatable bonds is 2. The summed E-state index contributed by atoms with van der Waals surface area (Å²) in [6.07, 6.45) is 1.81. The van der Waals surface area contributed by atoms with Crippen LogP contribution in [0.2, 0.25) is 0 Å². The number of benzene rings is 1. The van der Waals surface area contributed by atoms with Gasteiger partial charge in [-0.2, -0.15) is 0 Å². The van der Waals surface area contributed by atoms with E-state index in [0.29, 0.717) is 0 Å². The topological polar surface area (TPSA) is 38.3 Å². The lowest BCUT2D eigenvalue weighted by molar-refractivity contribution is -0.142. The van der Waals surface area contributed by atoms with Gasteiger partial charge in [0.1, 0.15) is 6.04 Å². The first-order valence-corrected chi connectivity index (χ1v) is 6.09. The lowest BCUT2D eigenvalue weighted by Crippen LogP contribution is -2.33. The van der Waals surface area contributed by atoms with Gasteiger partial charge in [-0.3, -0.25) is 10.1 Å². The number of halogens is 1. The summed E-state index contributed by atoms with van der Waals surface area (Å²) < 4.78 is 5.80. The standard InChI is InChI=1S/C12H14BrNO2/c1-16-12(15)11-7-6-10(14-11)8-2-4-9(13)5-3-8/h2-5,10-11,14H,6-7H2,1H3. The lowest BCUT2D eigenvalue weighted by atomic mass is 10.1. The number of nitrogens with one attached hydrogen (secondary N) is 1. The van der Waals surface area contributed by atoms with Crippen molar-refractivity contribution in [1.82, 2.24) is 5.32 Å². The van der Waals surface area contributed by atoms with Gasteiger partial charge in [0.2, 0.25) is 0 Å². The summed E-state index contributed by atoms with van der Waals surface area (Å²) in [4.78, 5) is 11.4. The van der Waals surface area contributed by atoms with Crippen LogP contribution in [0.25, 0.3) is 0 Å². The summed E-state index contributed by atoms with van der Waals surface area (Å²) in [5.41, 5.74) is 1.22. The molecule has 0 saturated carbocycles. The molecule has 1 N–H and O–H groups in total. The molecule has 1 aromatic carbocycles. The van der Waals surface area contributed by atoms with Gasteiger partial charge < -0.3 is 4.74 Å². The molecular weight excluding hydrogens is 270 g/mol. The maximum absolute atomic E-state index is 11.4. The minimum Gasteiger partial charge on any atom is -0.468 e. The largest absolute Gasteiger partial charge is 0.468 e. The Hall–Kier alpha value is -0.870. The molecule has 2 unspecified atom stereocenters. The number of esters is 1. The highest BCUT2D eigenvalue weighted by Crippen LogP contribution is 2.27. The molecule has 2 atom stereocenters. The highest BCUT2D eigenvalue weighted by atomic mass is 79.9. The maximum atomic E-state index is 11.4. The van der Waals surface area contributed by atoms with Crippen LogP contribution in [0.1, 0.15) is 24.4 Å². The van der Waals surface area contributed by atoms with Gasteiger partial charge in [-0.1, -0.05) is 28.1 Å². The SMILES string of the molecule is COC(=O)C1CCC(c2ccc(Br)cc2)N1. The Morgan fingerprint density at radius 3 is 2.69 bits per heavy atom.